The first kappa shape index (κ1) is 15.6. The summed E-state index contributed by atoms with van der Waals surface area (Å²) in [6.07, 6.45) is 3.44. The molecule has 0 fully saturated rings. The molecule has 0 heterocycles. The first-order chi connectivity index (χ1) is 10.1. The van der Waals surface area contributed by atoms with E-state index in [2.05, 4.69) is 40.3 Å². The molecule has 0 saturated carbocycles. The Balaban J connectivity index is 2.05. The predicted molar refractivity (Wildman–Crippen MR) is 91.6 cm³/mol. The van der Waals surface area contributed by atoms with E-state index >= 15 is 0 Å². The number of rotatable bonds is 5. The molecule has 0 aromatic heterocycles. The van der Waals surface area contributed by atoms with Crippen LogP contribution >= 0.6 is 15.9 Å². The maximum absolute atomic E-state index is 12.2. The molecule has 0 aliphatic carbocycles. The fourth-order valence-corrected chi connectivity index (χ4v) is 2.45. The standard InChI is InChI=1S/C17H19BrN2O/c1-2-3-4-12-5-8-14(9-6-12)20-17(21)15-10-7-13(18)11-16(15)19/h5-11H,2-4,19H2,1H3,(H,20,21). The summed E-state index contributed by atoms with van der Waals surface area (Å²) in [5.74, 6) is -0.193. The number of aryl methyl sites for hydroxylation is 1. The first-order valence-electron chi connectivity index (χ1n) is 7.05. The van der Waals surface area contributed by atoms with Gasteiger partial charge >= 0.3 is 0 Å². The number of halogens is 1. The highest BCUT2D eigenvalue weighted by atomic mass is 79.9. The number of nitrogen functional groups attached to an aromatic ring is 1. The van der Waals surface area contributed by atoms with Crippen molar-refractivity contribution in [2.24, 2.45) is 0 Å². The Kier molecular flexibility index (Phi) is 5.39. The van der Waals surface area contributed by atoms with Gasteiger partial charge in [-0.3, -0.25) is 4.79 Å². The van der Waals surface area contributed by atoms with Crippen molar-refractivity contribution < 1.29 is 4.79 Å². The topological polar surface area (TPSA) is 55.1 Å². The maximum Gasteiger partial charge on any atom is 0.257 e. The molecule has 2 aromatic rings. The average Bonchev–Trinajstić information content (AvgIpc) is 2.46. The summed E-state index contributed by atoms with van der Waals surface area (Å²) in [5, 5.41) is 2.87. The quantitative estimate of drug-likeness (QED) is 0.775. The second-order valence-corrected chi connectivity index (χ2v) is 5.90. The molecule has 0 radical (unpaired) electrons. The van der Waals surface area contributed by atoms with Crippen molar-refractivity contribution in [2.45, 2.75) is 26.2 Å². The Morgan fingerprint density at radius 2 is 1.90 bits per heavy atom. The van der Waals surface area contributed by atoms with Gasteiger partial charge in [0.15, 0.2) is 0 Å². The van der Waals surface area contributed by atoms with E-state index in [0.717, 1.165) is 16.6 Å². The molecular weight excluding hydrogens is 328 g/mol. The number of benzene rings is 2. The second kappa shape index (κ2) is 7.27. The summed E-state index contributed by atoms with van der Waals surface area (Å²) < 4.78 is 0.858. The molecule has 0 aliphatic heterocycles. The Morgan fingerprint density at radius 1 is 1.19 bits per heavy atom. The zero-order valence-electron chi connectivity index (χ0n) is 12.0. The number of nitrogens with one attached hydrogen (secondary N) is 1. The highest BCUT2D eigenvalue weighted by molar-refractivity contribution is 9.10. The highest BCUT2D eigenvalue weighted by Crippen LogP contribution is 2.20. The molecule has 0 saturated heterocycles. The van der Waals surface area contributed by atoms with E-state index in [0.29, 0.717) is 11.3 Å². The summed E-state index contributed by atoms with van der Waals surface area (Å²) in [5.41, 5.74) is 8.87. The van der Waals surface area contributed by atoms with Crippen molar-refractivity contribution in [3.05, 3.63) is 58.1 Å². The third kappa shape index (κ3) is 4.33. The fraction of sp³-hybridized carbons (Fsp3) is 0.235. The molecule has 110 valence electrons. The normalized spacial score (nSPS) is 10.4. The zero-order chi connectivity index (χ0) is 15.2. The number of nitrogens with two attached hydrogens (primary N) is 1. The van der Waals surface area contributed by atoms with Gasteiger partial charge in [-0.2, -0.15) is 0 Å². The van der Waals surface area contributed by atoms with E-state index in [9.17, 15) is 4.79 Å². The molecule has 0 aliphatic rings. The van der Waals surface area contributed by atoms with E-state index < -0.39 is 0 Å². The largest absolute Gasteiger partial charge is 0.398 e. The minimum absolute atomic E-state index is 0.193. The third-order valence-electron chi connectivity index (χ3n) is 3.29. The highest BCUT2D eigenvalue weighted by Gasteiger charge is 2.10. The van der Waals surface area contributed by atoms with Gasteiger partial charge in [-0.25, -0.2) is 0 Å². The van der Waals surface area contributed by atoms with Crippen LogP contribution in [0.4, 0.5) is 11.4 Å². The number of amides is 1. The van der Waals surface area contributed by atoms with Crippen LogP contribution in [-0.2, 0) is 6.42 Å². The number of hydrogen-bond donors (Lipinski definition) is 2. The molecule has 21 heavy (non-hydrogen) atoms. The minimum atomic E-state index is -0.193. The van der Waals surface area contributed by atoms with E-state index in [1.54, 1.807) is 18.2 Å². The van der Waals surface area contributed by atoms with Crippen LogP contribution in [-0.4, -0.2) is 5.91 Å². The lowest BCUT2D eigenvalue weighted by Crippen LogP contribution is -2.14. The van der Waals surface area contributed by atoms with Gasteiger partial charge in [0, 0.05) is 15.8 Å². The summed E-state index contributed by atoms with van der Waals surface area (Å²) >= 11 is 3.33. The van der Waals surface area contributed by atoms with E-state index in [-0.39, 0.29) is 5.91 Å². The van der Waals surface area contributed by atoms with Crippen LogP contribution in [0.15, 0.2) is 46.9 Å². The van der Waals surface area contributed by atoms with Crippen LogP contribution in [0.3, 0.4) is 0 Å². The van der Waals surface area contributed by atoms with Crippen LogP contribution in [0.2, 0.25) is 0 Å². The lowest BCUT2D eigenvalue weighted by Gasteiger charge is -2.08. The SMILES string of the molecule is CCCCc1ccc(NC(=O)c2ccc(Br)cc2N)cc1. The fourth-order valence-electron chi connectivity index (χ4n) is 2.07. The van der Waals surface area contributed by atoms with E-state index in [1.807, 2.05) is 12.1 Å². The third-order valence-corrected chi connectivity index (χ3v) is 3.78. The molecule has 3 nitrogen and oxygen atoms in total. The summed E-state index contributed by atoms with van der Waals surface area (Å²) in [4.78, 5) is 12.2. The molecule has 2 aromatic carbocycles. The Hall–Kier alpha value is -1.81. The Bertz CT molecular complexity index is 623. The number of carbonyl (C=O) groups excluding carboxylic acids is 1. The molecule has 0 atom stereocenters. The van der Waals surface area contributed by atoms with Crippen molar-refractivity contribution in [2.75, 3.05) is 11.1 Å². The van der Waals surface area contributed by atoms with Crippen molar-refractivity contribution in [3.63, 3.8) is 0 Å². The zero-order valence-corrected chi connectivity index (χ0v) is 13.6. The van der Waals surface area contributed by atoms with Crippen molar-refractivity contribution in [1.29, 1.82) is 0 Å². The van der Waals surface area contributed by atoms with Gasteiger partial charge < -0.3 is 11.1 Å². The minimum Gasteiger partial charge on any atom is -0.398 e. The molecule has 4 heteroatoms. The van der Waals surface area contributed by atoms with Gasteiger partial charge in [0.25, 0.3) is 5.91 Å². The molecule has 3 N–H and O–H groups in total. The van der Waals surface area contributed by atoms with Crippen LogP contribution < -0.4 is 11.1 Å². The lowest BCUT2D eigenvalue weighted by molar-refractivity contribution is 0.102. The number of anilines is 2. The van der Waals surface area contributed by atoms with Crippen LogP contribution in [0.25, 0.3) is 0 Å². The van der Waals surface area contributed by atoms with Gasteiger partial charge in [0.05, 0.1) is 5.56 Å². The molecular formula is C17H19BrN2O. The molecule has 2 rings (SSSR count). The van der Waals surface area contributed by atoms with Gasteiger partial charge in [-0.1, -0.05) is 41.4 Å². The maximum atomic E-state index is 12.2. The van der Waals surface area contributed by atoms with Gasteiger partial charge in [-0.15, -0.1) is 0 Å². The molecule has 0 bridgehead atoms. The number of unbranched alkanes of at least 4 members (excludes halogenated alkanes) is 1. The number of carbonyl (C=O) groups is 1. The summed E-state index contributed by atoms with van der Waals surface area (Å²) in [7, 11) is 0. The van der Waals surface area contributed by atoms with Crippen molar-refractivity contribution in [3.8, 4) is 0 Å². The van der Waals surface area contributed by atoms with Gasteiger partial charge in [0.2, 0.25) is 0 Å². The number of hydrogen-bond acceptors (Lipinski definition) is 2. The average molecular weight is 347 g/mol. The van der Waals surface area contributed by atoms with Crippen LogP contribution in [0.1, 0.15) is 35.7 Å². The summed E-state index contributed by atoms with van der Waals surface area (Å²) in [6.45, 7) is 2.18. The van der Waals surface area contributed by atoms with Crippen molar-refractivity contribution >= 4 is 33.2 Å². The first-order valence-corrected chi connectivity index (χ1v) is 7.84. The molecule has 0 unspecified atom stereocenters. The van der Waals surface area contributed by atoms with Crippen LogP contribution in [0, 0.1) is 0 Å². The van der Waals surface area contributed by atoms with Crippen LogP contribution in [0.5, 0.6) is 0 Å². The summed E-state index contributed by atoms with van der Waals surface area (Å²) in [6, 6.07) is 13.2. The second-order valence-electron chi connectivity index (χ2n) is 4.99. The Labute approximate surface area is 133 Å². The smallest absolute Gasteiger partial charge is 0.257 e. The van der Waals surface area contributed by atoms with Gasteiger partial charge in [-0.05, 0) is 48.7 Å². The molecule has 0 spiro atoms. The van der Waals surface area contributed by atoms with Gasteiger partial charge in [0.1, 0.15) is 0 Å². The monoisotopic (exact) mass is 346 g/mol. The van der Waals surface area contributed by atoms with E-state index in [1.165, 1.54) is 18.4 Å². The molecule has 1 amide bonds. The van der Waals surface area contributed by atoms with Crippen molar-refractivity contribution in [1.82, 2.24) is 0 Å². The predicted octanol–water partition coefficient (Wildman–Crippen LogP) is 4.63. The van der Waals surface area contributed by atoms with E-state index in [4.69, 9.17) is 5.73 Å². The Morgan fingerprint density at radius 3 is 2.52 bits per heavy atom. The lowest BCUT2D eigenvalue weighted by atomic mass is 10.1.